The molecule has 4 fully saturated rings. The summed E-state index contributed by atoms with van der Waals surface area (Å²) in [6, 6.07) is 0. The topological polar surface area (TPSA) is 91.4 Å². The standard InChI is InChI=1S/C16H21NO7S/c1-21-15(19)9-10-12-14(24-16(10)20)13(11(9)23-12)22-8(18)2-3-17-4-6-25-7-5-17/h9-14H,2-7H2,1H3. The van der Waals surface area contributed by atoms with Crippen molar-refractivity contribution in [2.75, 3.05) is 38.2 Å². The SMILES string of the molecule is COC(=O)C1C2OC3C(OC(=O)C31)C2OC(=O)CCN1CCSCC1. The van der Waals surface area contributed by atoms with Gasteiger partial charge in [-0.15, -0.1) is 0 Å². The summed E-state index contributed by atoms with van der Waals surface area (Å²) in [6.45, 7) is 2.59. The van der Waals surface area contributed by atoms with Crippen LogP contribution in [0.15, 0.2) is 0 Å². The second kappa shape index (κ2) is 6.77. The van der Waals surface area contributed by atoms with Gasteiger partial charge in [0.05, 0.1) is 13.5 Å². The Balaban J connectivity index is 1.38. The van der Waals surface area contributed by atoms with Crippen LogP contribution < -0.4 is 0 Å². The minimum Gasteiger partial charge on any atom is -0.469 e. The summed E-state index contributed by atoms with van der Waals surface area (Å²) in [5, 5.41) is 0. The van der Waals surface area contributed by atoms with Crippen LogP contribution in [-0.2, 0) is 33.3 Å². The van der Waals surface area contributed by atoms with Gasteiger partial charge in [0, 0.05) is 31.1 Å². The Bertz CT molecular complexity index is 579. The molecule has 0 aliphatic carbocycles. The van der Waals surface area contributed by atoms with Crippen molar-refractivity contribution in [3.05, 3.63) is 0 Å². The van der Waals surface area contributed by atoms with Crippen LogP contribution in [0.3, 0.4) is 0 Å². The highest BCUT2D eigenvalue weighted by Gasteiger charge is 2.71. The predicted octanol–water partition coefficient (Wildman–Crippen LogP) is -0.551. The van der Waals surface area contributed by atoms with Crippen LogP contribution >= 0.6 is 11.8 Å². The molecular formula is C16H21NO7S. The minimum absolute atomic E-state index is 0.269. The van der Waals surface area contributed by atoms with Gasteiger partial charge in [0.1, 0.15) is 24.0 Å². The van der Waals surface area contributed by atoms with Crippen LogP contribution in [0.25, 0.3) is 0 Å². The van der Waals surface area contributed by atoms with Crippen molar-refractivity contribution < 1.29 is 33.3 Å². The van der Waals surface area contributed by atoms with E-state index in [0.29, 0.717) is 6.54 Å². The van der Waals surface area contributed by atoms with Crippen LogP contribution in [0.1, 0.15) is 6.42 Å². The normalized spacial score (nSPS) is 39.3. The number of hydrogen-bond donors (Lipinski definition) is 0. The zero-order valence-electron chi connectivity index (χ0n) is 13.9. The lowest BCUT2D eigenvalue weighted by atomic mass is 9.78. The van der Waals surface area contributed by atoms with E-state index in [4.69, 9.17) is 18.9 Å². The molecule has 4 saturated heterocycles. The van der Waals surface area contributed by atoms with E-state index in [9.17, 15) is 14.4 Å². The fourth-order valence-corrected chi connectivity index (χ4v) is 5.14. The molecule has 6 atom stereocenters. The highest BCUT2D eigenvalue weighted by molar-refractivity contribution is 7.99. The quantitative estimate of drug-likeness (QED) is 0.466. The van der Waals surface area contributed by atoms with E-state index in [2.05, 4.69) is 4.90 Å². The van der Waals surface area contributed by atoms with E-state index >= 15 is 0 Å². The summed E-state index contributed by atoms with van der Waals surface area (Å²) in [6.07, 6.45) is -2.28. The van der Waals surface area contributed by atoms with Crippen LogP contribution in [0.5, 0.6) is 0 Å². The highest BCUT2D eigenvalue weighted by atomic mass is 32.2. The zero-order chi connectivity index (χ0) is 17.6. The number of thioether (sulfide) groups is 1. The smallest absolute Gasteiger partial charge is 0.313 e. The summed E-state index contributed by atoms with van der Waals surface area (Å²) in [5.41, 5.74) is 0. The molecule has 6 unspecified atom stereocenters. The number of nitrogens with zero attached hydrogens (tertiary/aromatic N) is 1. The second-order valence-corrected chi connectivity index (χ2v) is 7.92. The lowest BCUT2D eigenvalue weighted by Crippen LogP contribution is -2.48. The third-order valence-corrected chi connectivity index (χ3v) is 6.32. The fraction of sp³-hybridized carbons (Fsp3) is 0.812. The highest BCUT2D eigenvalue weighted by Crippen LogP contribution is 2.51. The van der Waals surface area contributed by atoms with Crippen molar-refractivity contribution in [2.24, 2.45) is 11.8 Å². The molecule has 25 heavy (non-hydrogen) atoms. The first-order chi connectivity index (χ1) is 12.1. The number of carbonyl (C=O) groups is 3. The van der Waals surface area contributed by atoms with Crippen molar-refractivity contribution in [2.45, 2.75) is 30.8 Å². The third-order valence-electron chi connectivity index (χ3n) is 5.38. The molecule has 0 spiro atoms. The molecule has 2 bridgehead atoms. The van der Waals surface area contributed by atoms with Crippen LogP contribution in [0.2, 0.25) is 0 Å². The Morgan fingerprint density at radius 1 is 1.24 bits per heavy atom. The van der Waals surface area contributed by atoms with Crippen LogP contribution in [0.4, 0.5) is 0 Å². The molecule has 138 valence electrons. The van der Waals surface area contributed by atoms with Crippen molar-refractivity contribution in [1.82, 2.24) is 4.90 Å². The first kappa shape index (κ1) is 17.1. The van der Waals surface area contributed by atoms with E-state index in [0.717, 1.165) is 24.6 Å². The van der Waals surface area contributed by atoms with E-state index in [1.165, 1.54) is 7.11 Å². The first-order valence-electron chi connectivity index (χ1n) is 8.53. The Morgan fingerprint density at radius 3 is 2.72 bits per heavy atom. The van der Waals surface area contributed by atoms with E-state index < -0.39 is 48.2 Å². The van der Waals surface area contributed by atoms with Gasteiger partial charge in [-0.2, -0.15) is 11.8 Å². The monoisotopic (exact) mass is 371 g/mol. The molecular weight excluding hydrogens is 350 g/mol. The molecule has 9 heteroatoms. The van der Waals surface area contributed by atoms with Gasteiger partial charge in [-0.3, -0.25) is 14.4 Å². The number of esters is 3. The number of fused-ring (bicyclic) bond motifs is 1. The Hall–Kier alpha value is -1.32. The van der Waals surface area contributed by atoms with Crippen LogP contribution in [-0.4, -0.2) is 85.5 Å². The molecule has 0 saturated carbocycles. The minimum atomic E-state index is -0.766. The van der Waals surface area contributed by atoms with Crippen LogP contribution in [0, 0.1) is 11.8 Å². The predicted molar refractivity (Wildman–Crippen MR) is 85.8 cm³/mol. The summed E-state index contributed by atoms with van der Waals surface area (Å²) < 4.78 is 21.4. The third kappa shape index (κ3) is 2.92. The Kier molecular flexibility index (Phi) is 4.63. The molecule has 0 amide bonds. The van der Waals surface area contributed by atoms with Crippen molar-refractivity contribution in [1.29, 1.82) is 0 Å². The number of methoxy groups -OCH3 is 1. The van der Waals surface area contributed by atoms with Gasteiger partial charge in [-0.05, 0) is 0 Å². The van der Waals surface area contributed by atoms with Gasteiger partial charge in [0.2, 0.25) is 0 Å². The van der Waals surface area contributed by atoms with Gasteiger partial charge in [0.15, 0.2) is 12.2 Å². The van der Waals surface area contributed by atoms with Crippen molar-refractivity contribution >= 4 is 29.7 Å². The molecule has 4 heterocycles. The molecule has 0 aromatic heterocycles. The van der Waals surface area contributed by atoms with E-state index in [-0.39, 0.29) is 12.4 Å². The average molecular weight is 371 g/mol. The van der Waals surface area contributed by atoms with Crippen molar-refractivity contribution in [3.63, 3.8) is 0 Å². The lowest BCUT2D eigenvalue weighted by molar-refractivity contribution is -0.163. The molecule has 4 rings (SSSR count). The second-order valence-electron chi connectivity index (χ2n) is 6.70. The maximum absolute atomic E-state index is 12.3. The van der Waals surface area contributed by atoms with Gasteiger partial charge in [0.25, 0.3) is 0 Å². The molecule has 0 aromatic carbocycles. The molecule has 0 radical (unpaired) electrons. The van der Waals surface area contributed by atoms with Gasteiger partial charge in [-0.1, -0.05) is 0 Å². The molecule has 4 aliphatic rings. The maximum atomic E-state index is 12.3. The summed E-state index contributed by atoms with van der Waals surface area (Å²) >= 11 is 1.91. The molecule has 8 nitrogen and oxygen atoms in total. The zero-order valence-corrected chi connectivity index (χ0v) is 14.7. The largest absolute Gasteiger partial charge is 0.469 e. The Morgan fingerprint density at radius 2 is 2.00 bits per heavy atom. The Labute approximate surface area is 149 Å². The molecule has 0 N–H and O–H groups in total. The lowest BCUT2D eigenvalue weighted by Gasteiger charge is -2.28. The summed E-state index contributed by atoms with van der Waals surface area (Å²) in [7, 11) is 1.27. The van der Waals surface area contributed by atoms with Crippen molar-refractivity contribution in [3.8, 4) is 0 Å². The van der Waals surface area contributed by atoms with Gasteiger partial charge >= 0.3 is 17.9 Å². The molecule has 0 aromatic rings. The number of hydrogen-bond acceptors (Lipinski definition) is 9. The molecule has 4 aliphatic heterocycles. The van der Waals surface area contributed by atoms with Gasteiger partial charge < -0.3 is 23.8 Å². The maximum Gasteiger partial charge on any atom is 0.313 e. The van der Waals surface area contributed by atoms with E-state index in [1.807, 2.05) is 11.8 Å². The number of ether oxygens (including phenoxy) is 4. The van der Waals surface area contributed by atoms with E-state index in [1.54, 1.807) is 0 Å². The fourth-order valence-electron chi connectivity index (χ4n) is 4.16. The van der Waals surface area contributed by atoms with Gasteiger partial charge in [-0.25, -0.2) is 0 Å². The summed E-state index contributed by atoms with van der Waals surface area (Å²) in [4.78, 5) is 38.6. The first-order valence-corrected chi connectivity index (χ1v) is 9.69. The number of rotatable bonds is 5. The number of carbonyl (C=O) groups excluding carboxylic acids is 3. The average Bonchev–Trinajstić information content (AvgIpc) is 3.24. The summed E-state index contributed by atoms with van der Waals surface area (Å²) in [5.74, 6) is -0.617.